The Bertz CT molecular complexity index is 1500. The van der Waals surface area contributed by atoms with Crippen molar-refractivity contribution in [3.63, 3.8) is 0 Å². The summed E-state index contributed by atoms with van der Waals surface area (Å²) in [4.78, 5) is 8.68. The summed E-state index contributed by atoms with van der Waals surface area (Å²) in [5, 5.41) is 18.9. The van der Waals surface area contributed by atoms with E-state index < -0.39 is 15.3 Å². The first-order chi connectivity index (χ1) is 17.3. The molecule has 0 bridgehead atoms. The van der Waals surface area contributed by atoms with Gasteiger partial charge in [-0.3, -0.25) is 14.3 Å². The number of rotatable bonds is 9. The molecule has 0 saturated heterocycles. The molecule has 0 aliphatic rings. The van der Waals surface area contributed by atoms with Gasteiger partial charge in [0.05, 0.1) is 25.0 Å². The number of nitrogens with zero attached hydrogens (tertiary/aromatic N) is 6. The molecule has 186 valence electrons. The van der Waals surface area contributed by atoms with Crippen LogP contribution < -0.4 is 14.2 Å². The normalized spacial score (nSPS) is 12.1. The van der Waals surface area contributed by atoms with Crippen LogP contribution in [0.15, 0.2) is 41.9 Å². The quantitative estimate of drug-likeness (QED) is 0.348. The molecule has 1 atom stereocenters. The zero-order chi connectivity index (χ0) is 25.9. The highest BCUT2D eigenvalue weighted by Gasteiger charge is 2.29. The van der Waals surface area contributed by atoms with Gasteiger partial charge >= 0.3 is 0 Å². The van der Waals surface area contributed by atoms with E-state index >= 15 is 0 Å². The third kappa shape index (κ3) is 5.00. The third-order valence-electron chi connectivity index (χ3n) is 5.31. The van der Waals surface area contributed by atoms with Crippen LogP contribution in [0, 0.1) is 18.3 Å². The zero-order valence-electron chi connectivity index (χ0n) is 20.0. The minimum atomic E-state index is -3.94. The van der Waals surface area contributed by atoms with E-state index in [4.69, 9.17) is 14.7 Å². The van der Waals surface area contributed by atoms with Crippen LogP contribution in [0.4, 0.5) is 5.95 Å². The lowest BCUT2D eigenvalue weighted by Crippen LogP contribution is -2.29. The predicted octanol–water partition coefficient (Wildman–Crippen LogP) is 3.36. The van der Waals surface area contributed by atoms with Gasteiger partial charge in [-0.25, -0.2) is 13.4 Å². The van der Waals surface area contributed by atoms with Crippen molar-refractivity contribution >= 4 is 27.3 Å². The molecule has 1 aromatic carbocycles. The number of hydrogen-bond donors (Lipinski definition) is 1. The molecule has 0 saturated carbocycles. The Balaban J connectivity index is 1.77. The lowest BCUT2D eigenvalue weighted by Gasteiger charge is -2.18. The fourth-order valence-electron chi connectivity index (χ4n) is 3.45. The average molecular weight is 526 g/mol. The fraction of sp³-hybridized carbons (Fsp3) is 0.261. The molecule has 0 fully saturated rings. The monoisotopic (exact) mass is 525 g/mol. The molecule has 1 N–H and O–H groups in total. The Morgan fingerprint density at radius 2 is 1.89 bits per heavy atom. The summed E-state index contributed by atoms with van der Waals surface area (Å²) in [5.41, 5.74) is 2.16. The van der Waals surface area contributed by atoms with Gasteiger partial charge in [-0.2, -0.15) is 5.26 Å². The third-order valence-corrected chi connectivity index (χ3v) is 7.96. The Hall–Kier alpha value is -4.02. The number of hydrogen-bond acceptors (Lipinski definition) is 10. The molecule has 3 heterocycles. The van der Waals surface area contributed by atoms with Gasteiger partial charge in [0, 0.05) is 29.4 Å². The highest BCUT2D eigenvalue weighted by molar-refractivity contribution is 7.93. The largest absolute Gasteiger partial charge is 0.494 e. The van der Waals surface area contributed by atoms with E-state index in [0.717, 1.165) is 5.69 Å². The second-order valence-electron chi connectivity index (χ2n) is 7.80. The summed E-state index contributed by atoms with van der Waals surface area (Å²) in [5.74, 6) is 1.15. The number of nitrogens with one attached hydrogen (secondary N) is 1. The van der Waals surface area contributed by atoms with Crippen molar-refractivity contribution in [2.45, 2.75) is 25.5 Å². The van der Waals surface area contributed by atoms with Crippen LogP contribution in [0.1, 0.15) is 23.9 Å². The number of anilines is 1. The molecule has 3 aromatic heterocycles. The molecule has 1 unspecified atom stereocenters. The second kappa shape index (κ2) is 10.3. The van der Waals surface area contributed by atoms with Crippen molar-refractivity contribution in [3.8, 4) is 34.1 Å². The van der Waals surface area contributed by atoms with E-state index in [2.05, 4.69) is 24.9 Å². The summed E-state index contributed by atoms with van der Waals surface area (Å²) in [6.07, 6.45) is 1.54. The molecular weight excluding hydrogens is 502 g/mol. The highest BCUT2D eigenvalue weighted by Crippen LogP contribution is 2.38. The number of para-hydroxylation sites is 1. The number of pyridine rings is 1. The molecule has 0 radical (unpaired) electrons. The van der Waals surface area contributed by atoms with E-state index in [1.54, 1.807) is 37.3 Å². The van der Waals surface area contributed by atoms with Gasteiger partial charge < -0.3 is 9.47 Å². The van der Waals surface area contributed by atoms with Gasteiger partial charge in [-0.1, -0.05) is 6.07 Å². The van der Waals surface area contributed by atoms with Crippen LogP contribution in [0.5, 0.6) is 11.5 Å². The van der Waals surface area contributed by atoms with Gasteiger partial charge in [0.1, 0.15) is 23.3 Å². The Morgan fingerprint density at radius 1 is 1.17 bits per heavy atom. The maximum atomic E-state index is 13.3. The number of benzene rings is 1. The van der Waals surface area contributed by atoms with Crippen LogP contribution in [-0.2, 0) is 16.4 Å². The van der Waals surface area contributed by atoms with Gasteiger partial charge in [0.25, 0.3) is 0 Å². The van der Waals surface area contributed by atoms with Gasteiger partial charge in [0.15, 0.2) is 10.8 Å². The van der Waals surface area contributed by atoms with Crippen LogP contribution in [0.3, 0.4) is 0 Å². The standard InChI is InChI=1S/C23H23N7O4S2/c1-14-13-35-22(26-14)21-27-28-23(30(21)20-18(33-3)6-5-7-19(20)34-4)29-36(31,32)15(2)10-17-9-8-16(11-24)12-25-17/h5-9,12-13,15H,10H2,1-4H3,(H,28,29). The van der Waals surface area contributed by atoms with E-state index in [9.17, 15) is 8.42 Å². The summed E-state index contributed by atoms with van der Waals surface area (Å²) < 4.78 is 41.9. The molecule has 36 heavy (non-hydrogen) atoms. The topological polar surface area (TPSA) is 145 Å². The van der Waals surface area contributed by atoms with Crippen LogP contribution in [0.25, 0.3) is 16.5 Å². The fourth-order valence-corrected chi connectivity index (χ4v) is 5.20. The highest BCUT2D eigenvalue weighted by atomic mass is 32.2. The molecule has 4 rings (SSSR count). The van der Waals surface area contributed by atoms with Gasteiger partial charge in [-0.05, 0) is 38.1 Å². The van der Waals surface area contributed by atoms with E-state index in [-0.39, 0.29) is 12.4 Å². The van der Waals surface area contributed by atoms with E-state index in [1.165, 1.54) is 36.3 Å². The summed E-state index contributed by atoms with van der Waals surface area (Å²) in [6, 6.07) is 10.4. The minimum Gasteiger partial charge on any atom is -0.494 e. The first kappa shape index (κ1) is 25.1. The van der Waals surface area contributed by atoms with Crippen molar-refractivity contribution < 1.29 is 17.9 Å². The number of methoxy groups -OCH3 is 2. The van der Waals surface area contributed by atoms with Gasteiger partial charge in [-0.15, -0.1) is 21.5 Å². The number of sulfonamides is 1. The Labute approximate surface area is 212 Å². The van der Waals surface area contributed by atoms with Crippen molar-refractivity contribution in [3.05, 3.63) is 58.9 Å². The minimum absolute atomic E-state index is 0.0414. The SMILES string of the molecule is COc1cccc(OC)c1-n1c(NS(=O)(=O)C(C)Cc2ccc(C#N)cn2)nnc1-c1nc(C)cs1. The molecule has 0 aliphatic carbocycles. The number of aromatic nitrogens is 5. The molecule has 0 amide bonds. The number of aryl methyl sites for hydroxylation is 1. The lowest BCUT2D eigenvalue weighted by molar-refractivity contribution is 0.391. The number of thiazole rings is 1. The summed E-state index contributed by atoms with van der Waals surface area (Å²) in [7, 11) is -0.925. The lowest BCUT2D eigenvalue weighted by atomic mass is 10.2. The number of ether oxygens (including phenoxy) is 2. The predicted molar refractivity (Wildman–Crippen MR) is 135 cm³/mol. The zero-order valence-corrected chi connectivity index (χ0v) is 21.6. The molecule has 0 spiro atoms. The number of nitriles is 1. The summed E-state index contributed by atoms with van der Waals surface area (Å²) >= 11 is 1.36. The van der Waals surface area contributed by atoms with Crippen molar-refractivity contribution in [2.75, 3.05) is 18.9 Å². The van der Waals surface area contributed by atoms with Crippen molar-refractivity contribution in [1.82, 2.24) is 24.7 Å². The van der Waals surface area contributed by atoms with Crippen LogP contribution >= 0.6 is 11.3 Å². The van der Waals surface area contributed by atoms with Gasteiger partial charge in [0.2, 0.25) is 16.0 Å². The smallest absolute Gasteiger partial charge is 0.243 e. The van der Waals surface area contributed by atoms with Crippen molar-refractivity contribution in [2.24, 2.45) is 0 Å². The Morgan fingerprint density at radius 3 is 2.44 bits per heavy atom. The second-order valence-corrected chi connectivity index (χ2v) is 10.8. The van der Waals surface area contributed by atoms with Crippen LogP contribution in [0.2, 0.25) is 0 Å². The molecule has 0 aliphatic heterocycles. The molecule has 4 aromatic rings. The molecule has 11 nitrogen and oxygen atoms in total. The Kier molecular flexibility index (Phi) is 7.18. The first-order valence-electron chi connectivity index (χ1n) is 10.7. The molecule has 13 heteroatoms. The maximum absolute atomic E-state index is 13.3. The summed E-state index contributed by atoms with van der Waals surface area (Å²) in [6.45, 7) is 3.42. The first-order valence-corrected chi connectivity index (χ1v) is 13.2. The average Bonchev–Trinajstić information content (AvgIpc) is 3.49. The maximum Gasteiger partial charge on any atom is 0.243 e. The van der Waals surface area contributed by atoms with E-state index in [0.29, 0.717) is 39.3 Å². The van der Waals surface area contributed by atoms with Crippen LogP contribution in [-0.4, -0.2) is 52.6 Å². The van der Waals surface area contributed by atoms with Crippen molar-refractivity contribution in [1.29, 1.82) is 5.26 Å². The van der Waals surface area contributed by atoms with E-state index in [1.807, 2.05) is 18.4 Å². The molecular formula is C23H23N7O4S2.